The molecule has 6 heteroatoms. The SMILES string of the molecule is Cc1ccc(Cc2cc3cnc(Nc4ccc5cc[nH]c5c4)nc3n(C)c2=O)cc1. The van der Waals surface area contributed by atoms with Crippen molar-refractivity contribution in [3.05, 3.63) is 94.0 Å². The third-order valence-electron chi connectivity index (χ3n) is 5.35. The highest BCUT2D eigenvalue weighted by molar-refractivity contribution is 5.84. The highest BCUT2D eigenvalue weighted by Crippen LogP contribution is 2.21. The lowest BCUT2D eigenvalue weighted by Gasteiger charge is -2.10. The Morgan fingerprint density at radius 2 is 1.87 bits per heavy atom. The molecule has 0 bridgehead atoms. The second-order valence-electron chi connectivity index (χ2n) is 7.57. The number of pyridine rings is 1. The van der Waals surface area contributed by atoms with Gasteiger partial charge in [-0.1, -0.05) is 35.9 Å². The lowest BCUT2D eigenvalue weighted by Crippen LogP contribution is -2.22. The summed E-state index contributed by atoms with van der Waals surface area (Å²) in [7, 11) is 1.76. The number of aromatic amines is 1. The van der Waals surface area contributed by atoms with E-state index in [-0.39, 0.29) is 5.56 Å². The zero-order valence-electron chi connectivity index (χ0n) is 16.8. The number of H-pyrrole nitrogens is 1. The molecule has 0 aliphatic rings. The molecule has 2 N–H and O–H groups in total. The average molecular weight is 395 g/mol. The molecule has 0 amide bonds. The monoisotopic (exact) mass is 395 g/mol. The molecule has 3 aromatic heterocycles. The fraction of sp³-hybridized carbons (Fsp3) is 0.125. The van der Waals surface area contributed by atoms with Crippen LogP contribution in [-0.2, 0) is 13.5 Å². The van der Waals surface area contributed by atoms with Crippen LogP contribution in [0.2, 0.25) is 0 Å². The Hall–Kier alpha value is -3.93. The lowest BCUT2D eigenvalue weighted by atomic mass is 10.0. The molecule has 30 heavy (non-hydrogen) atoms. The predicted octanol–water partition coefficient (Wildman–Crippen LogP) is 4.45. The minimum absolute atomic E-state index is 0.0412. The summed E-state index contributed by atoms with van der Waals surface area (Å²) in [5.74, 6) is 0.453. The van der Waals surface area contributed by atoms with Crippen LogP contribution in [0.15, 0.2) is 71.8 Å². The molecule has 0 aliphatic carbocycles. The zero-order valence-corrected chi connectivity index (χ0v) is 16.8. The van der Waals surface area contributed by atoms with Crippen LogP contribution in [0.1, 0.15) is 16.7 Å². The molecule has 0 saturated carbocycles. The molecule has 148 valence electrons. The third-order valence-corrected chi connectivity index (χ3v) is 5.35. The minimum Gasteiger partial charge on any atom is -0.361 e. The van der Waals surface area contributed by atoms with E-state index in [0.29, 0.717) is 18.0 Å². The van der Waals surface area contributed by atoms with Crippen LogP contribution < -0.4 is 10.9 Å². The highest BCUT2D eigenvalue weighted by Gasteiger charge is 2.11. The van der Waals surface area contributed by atoms with E-state index in [1.54, 1.807) is 17.8 Å². The van der Waals surface area contributed by atoms with Crippen molar-refractivity contribution in [2.75, 3.05) is 5.32 Å². The van der Waals surface area contributed by atoms with Crippen LogP contribution in [-0.4, -0.2) is 19.5 Å². The van der Waals surface area contributed by atoms with Gasteiger partial charge in [0.1, 0.15) is 5.65 Å². The van der Waals surface area contributed by atoms with Crippen LogP contribution >= 0.6 is 0 Å². The summed E-state index contributed by atoms with van der Waals surface area (Å²) in [6.07, 6.45) is 4.25. The van der Waals surface area contributed by atoms with Gasteiger partial charge in [0, 0.05) is 48.0 Å². The van der Waals surface area contributed by atoms with Gasteiger partial charge in [0.05, 0.1) is 0 Å². The van der Waals surface area contributed by atoms with Gasteiger partial charge in [0.15, 0.2) is 0 Å². The van der Waals surface area contributed by atoms with E-state index in [0.717, 1.165) is 33.1 Å². The second kappa shape index (κ2) is 7.15. The fourth-order valence-corrected chi connectivity index (χ4v) is 3.68. The molecule has 0 aliphatic heterocycles. The molecule has 3 heterocycles. The molecule has 0 fully saturated rings. The van der Waals surface area contributed by atoms with Crippen LogP contribution in [0.5, 0.6) is 0 Å². The number of rotatable bonds is 4. The zero-order chi connectivity index (χ0) is 20.7. The van der Waals surface area contributed by atoms with Crippen molar-refractivity contribution in [3.63, 3.8) is 0 Å². The van der Waals surface area contributed by atoms with E-state index in [1.165, 1.54) is 5.56 Å². The van der Waals surface area contributed by atoms with Crippen LogP contribution in [0.3, 0.4) is 0 Å². The Kier molecular flexibility index (Phi) is 4.32. The van der Waals surface area contributed by atoms with Crippen LogP contribution in [0.25, 0.3) is 21.9 Å². The first-order chi connectivity index (χ1) is 14.6. The number of nitrogens with one attached hydrogen (secondary N) is 2. The molecular weight excluding hydrogens is 374 g/mol. The summed E-state index contributed by atoms with van der Waals surface area (Å²) in [6, 6.07) is 18.2. The summed E-state index contributed by atoms with van der Waals surface area (Å²) in [5.41, 5.74) is 5.52. The quantitative estimate of drug-likeness (QED) is 0.471. The summed E-state index contributed by atoms with van der Waals surface area (Å²) < 4.78 is 1.60. The van der Waals surface area contributed by atoms with E-state index in [4.69, 9.17) is 0 Å². The predicted molar refractivity (Wildman–Crippen MR) is 120 cm³/mol. The second-order valence-corrected chi connectivity index (χ2v) is 7.57. The number of hydrogen-bond donors (Lipinski definition) is 2. The molecule has 5 aromatic rings. The Morgan fingerprint density at radius 3 is 2.70 bits per heavy atom. The maximum Gasteiger partial charge on any atom is 0.255 e. The molecule has 0 atom stereocenters. The molecule has 0 radical (unpaired) electrons. The summed E-state index contributed by atoms with van der Waals surface area (Å²) in [5, 5.41) is 5.21. The van der Waals surface area contributed by atoms with Crippen molar-refractivity contribution in [2.45, 2.75) is 13.3 Å². The van der Waals surface area contributed by atoms with Gasteiger partial charge in [0.2, 0.25) is 5.95 Å². The van der Waals surface area contributed by atoms with Gasteiger partial charge in [-0.05, 0) is 42.1 Å². The smallest absolute Gasteiger partial charge is 0.255 e. The van der Waals surface area contributed by atoms with Crippen molar-refractivity contribution in [1.29, 1.82) is 0 Å². The number of fused-ring (bicyclic) bond motifs is 2. The van der Waals surface area contributed by atoms with Gasteiger partial charge in [-0.2, -0.15) is 4.98 Å². The largest absolute Gasteiger partial charge is 0.361 e. The summed E-state index contributed by atoms with van der Waals surface area (Å²) >= 11 is 0. The molecule has 0 spiro atoms. The Labute approximate surface area is 173 Å². The fourth-order valence-electron chi connectivity index (χ4n) is 3.68. The summed E-state index contributed by atoms with van der Waals surface area (Å²) in [4.78, 5) is 25.2. The molecule has 2 aromatic carbocycles. The van der Waals surface area contributed by atoms with E-state index in [9.17, 15) is 4.79 Å². The van der Waals surface area contributed by atoms with Crippen LogP contribution in [0, 0.1) is 6.92 Å². The van der Waals surface area contributed by atoms with Crippen LogP contribution in [0.4, 0.5) is 11.6 Å². The highest BCUT2D eigenvalue weighted by atomic mass is 16.1. The van der Waals surface area contributed by atoms with E-state index in [1.807, 2.05) is 36.5 Å². The Bertz CT molecular complexity index is 1430. The van der Waals surface area contributed by atoms with Gasteiger partial charge in [-0.3, -0.25) is 9.36 Å². The maximum absolute atomic E-state index is 12.9. The summed E-state index contributed by atoms with van der Waals surface area (Å²) in [6.45, 7) is 2.05. The van der Waals surface area contributed by atoms with E-state index < -0.39 is 0 Å². The lowest BCUT2D eigenvalue weighted by molar-refractivity contribution is 0.863. The first-order valence-corrected chi connectivity index (χ1v) is 9.82. The minimum atomic E-state index is -0.0412. The number of benzene rings is 2. The van der Waals surface area contributed by atoms with Crippen molar-refractivity contribution in [2.24, 2.45) is 7.05 Å². The van der Waals surface area contributed by atoms with Crippen molar-refractivity contribution in [3.8, 4) is 0 Å². The van der Waals surface area contributed by atoms with E-state index in [2.05, 4.69) is 51.5 Å². The van der Waals surface area contributed by atoms with Crippen molar-refractivity contribution >= 4 is 33.6 Å². The Morgan fingerprint density at radius 1 is 1.03 bits per heavy atom. The first-order valence-electron chi connectivity index (χ1n) is 9.82. The normalized spacial score (nSPS) is 11.3. The number of anilines is 2. The molecular formula is C24H21N5O. The first kappa shape index (κ1) is 18.1. The number of aromatic nitrogens is 4. The number of nitrogens with zero attached hydrogens (tertiary/aromatic N) is 3. The van der Waals surface area contributed by atoms with Crippen molar-refractivity contribution < 1.29 is 0 Å². The van der Waals surface area contributed by atoms with Gasteiger partial charge >= 0.3 is 0 Å². The van der Waals surface area contributed by atoms with Gasteiger partial charge in [0.25, 0.3) is 5.56 Å². The van der Waals surface area contributed by atoms with Gasteiger partial charge < -0.3 is 10.3 Å². The molecule has 6 nitrogen and oxygen atoms in total. The van der Waals surface area contributed by atoms with E-state index >= 15 is 0 Å². The molecule has 5 rings (SSSR count). The standard InChI is InChI=1S/C24H21N5O/c1-15-3-5-16(6-4-15)11-18-12-19-14-26-24(28-22(19)29(2)23(18)30)27-20-8-7-17-9-10-25-21(17)13-20/h3-10,12-14,25H,11H2,1-2H3,(H,26,27,28). The third kappa shape index (κ3) is 3.33. The molecule has 0 unspecified atom stereocenters. The number of hydrogen-bond acceptors (Lipinski definition) is 4. The maximum atomic E-state index is 12.9. The average Bonchev–Trinajstić information content (AvgIpc) is 3.22. The van der Waals surface area contributed by atoms with Gasteiger partial charge in [-0.15, -0.1) is 0 Å². The molecule has 0 saturated heterocycles. The van der Waals surface area contributed by atoms with Crippen molar-refractivity contribution in [1.82, 2.24) is 19.5 Å². The topological polar surface area (TPSA) is 75.6 Å². The number of aryl methyl sites for hydroxylation is 2. The Balaban J connectivity index is 1.49. The van der Waals surface area contributed by atoms with Gasteiger partial charge in [-0.25, -0.2) is 4.98 Å².